The van der Waals surface area contributed by atoms with Crippen LogP contribution in [0.3, 0.4) is 0 Å². The summed E-state index contributed by atoms with van der Waals surface area (Å²) >= 11 is 0. The van der Waals surface area contributed by atoms with Crippen molar-refractivity contribution in [2.45, 2.75) is 0 Å². The third kappa shape index (κ3) is 3.20. The highest BCUT2D eigenvalue weighted by molar-refractivity contribution is 5.94. The summed E-state index contributed by atoms with van der Waals surface area (Å²) in [6.45, 7) is 0.477. The Morgan fingerprint density at radius 3 is 2.69 bits per heavy atom. The number of cyclic esters (lactones) is 1. The normalized spacial score (nSPS) is 15.2. The number of ether oxygens (including phenoxy) is 2. The van der Waals surface area contributed by atoms with Gasteiger partial charge < -0.3 is 9.47 Å². The van der Waals surface area contributed by atoms with Gasteiger partial charge in [-0.15, -0.1) is 0 Å². The first kappa shape index (κ1) is 12.4. The Morgan fingerprint density at radius 1 is 1.50 bits per heavy atom. The molecule has 90 valence electrons. The summed E-state index contributed by atoms with van der Waals surface area (Å²) in [6, 6.07) is 0. The van der Waals surface area contributed by atoms with E-state index >= 15 is 0 Å². The number of carbonyl (C=O) groups is 3. The Hall–Kier alpha value is -1.63. The molecular weight excluding hydrogens is 216 g/mol. The van der Waals surface area contributed by atoms with E-state index < -0.39 is 12.1 Å². The molecule has 0 aromatic carbocycles. The lowest BCUT2D eigenvalue weighted by Crippen LogP contribution is -2.41. The molecule has 1 rings (SSSR count). The Morgan fingerprint density at radius 2 is 2.19 bits per heavy atom. The van der Waals surface area contributed by atoms with Crippen molar-refractivity contribution in [2.24, 2.45) is 0 Å². The van der Waals surface area contributed by atoms with Crippen molar-refractivity contribution < 1.29 is 23.9 Å². The zero-order chi connectivity index (χ0) is 12.1. The van der Waals surface area contributed by atoms with E-state index in [2.05, 4.69) is 9.47 Å². The number of hydrogen-bond donors (Lipinski definition) is 0. The van der Waals surface area contributed by atoms with Gasteiger partial charge in [-0.05, 0) is 7.05 Å². The van der Waals surface area contributed by atoms with Gasteiger partial charge in [0.2, 0.25) is 5.91 Å². The van der Waals surface area contributed by atoms with Gasteiger partial charge in [-0.1, -0.05) is 0 Å². The summed E-state index contributed by atoms with van der Waals surface area (Å²) in [5.41, 5.74) is 0. The summed E-state index contributed by atoms with van der Waals surface area (Å²) in [7, 11) is 2.87. The first-order valence-corrected chi connectivity index (χ1v) is 4.77. The smallest absolute Gasteiger partial charge is 0.416 e. The molecule has 7 heteroatoms. The highest BCUT2D eigenvalue weighted by Gasteiger charge is 2.28. The monoisotopic (exact) mass is 230 g/mol. The molecule has 0 spiro atoms. The van der Waals surface area contributed by atoms with Gasteiger partial charge in [-0.25, -0.2) is 9.69 Å². The highest BCUT2D eigenvalue weighted by Crippen LogP contribution is 2.04. The number of rotatable bonds is 4. The molecule has 0 aliphatic carbocycles. The fourth-order valence-corrected chi connectivity index (χ4v) is 1.28. The molecule has 1 fully saturated rings. The molecule has 0 unspecified atom stereocenters. The fourth-order valence-electron chi connectivity index (χ4n) is 1.28. The van der Waals surface area contributed by atoms with Crippen LogP contribution in [-0.2, 0) is 19.1 Å². The van der Waals surface area contributed by atoms with Gasteiger partial charge in [0.05, 0.1) is 26.7 Å². The molecule has 1 heterocycles. The number of likely N-dealkylation sites (N-methyl/N-ethyl adjacent to an activating group) is 1. The van der Waals surface area contributed by atoms with Crippen molar-refractivity contribution in [3.63, 3.8) is 0 Å². The summed E-state index contributed by atoms with van der Waals surface area (Å²) in [4.78, 5) is 36.0. The molecule has 0 aromatic heterocycles. The summed E-state index contributed by atoms with van der Waals surface area (Å²) in [5.74, 6) is -0.812. The number of hydrogen-bond acceptors (Lipinski definition) is 6. The van der Waals surface area contributed by atoms with Crippen molar-refractivity contribution in [3.8, 4) is 0 Å². The molecule has 16 heavy (non-hydrogen) atoms. The summed E-state index contributed by atoms with van der Waals surface area (Å²) < 4.78 is 9.08. The minimum atomic E-state index is -0.628. The Bertz CT molecular complexity index is 304. The molecule has 7 nitrogen and oxygen atoms in total. The maximum Gasteiger partial charge on any atom is 0.416 e. The average Bonchev–Trinajstić information content (AvgIpc) is 2.63. The van der Waals surface area contributed by atoms with Crippen LogP contribution in [0.15, 0.2) is 0 Å². The summed E-state index contributed by atoms with van der Waals surface area (Å²) in [5, 5.41) is 0. The van der Waals surface area contributed by atoms with Crippen LogP contribution in [0.4, 0.5) is 4.79 Å². The summed E-state index contributed by atoms with van der Waals surface area (Å²) in [6.07, 6.45) is -0.628. The number of imide groups is 1. The van der Waals surface area contributed by atoms with Gasteiger partial charge >= 0.3 is 12.1 Å². The molecule has 1 saturated heterocycles. The lowest BCUT2D eigenvalue weighted by Gasteiger charge is -2.17. The lowest BCUT2D eigenvalue weighted by atomic mass is 10.4. The van der Waals surface area contributed by atoms with E-state index in [1.165, 1.54) is 12.0 Å². The van der Waals surface area contributed by atoms with E-state index in [-0.39, 0.29) is 32.1 Å². The second-order valence-electron chi connectivity index (χ2n) is 3.41. The van der Waals surface area contributed by atoms with Crippen LogP contribution in [0.2, 0.25) is 0 Å². The topological polar surface area (TPSA) is 76.2 Å². The second-order valence-corrected chi connectivity index (χ2v) is 3.41. The minimum Gasteiger partial charge on any atom is -0.468 e. The van der Waals surface area contributed by atoms with Crippen LogP contribution < -0.4 is 0 Å². The molecule has 0 atom stereocenters. The average molecular weight is 230 g/mol. The Kier molecular flexibility index (Phi) is 4.24. The lowest BCUT2D eigenvalue weighted by molar-refractivity contribution is -0.142. The molecule has 1 aliphatic heterocycles. The van der Waals surface area contributed by atoms with Crippen LogP contribution in [0, 0.1) is 0 Å². The quantitative estimate of drug-likeness (QED) is 0.581. The van der Waals surface area contributed by atoms with Gasteiger partial charge in [0.1, 0.15) is 6.61 Å². The molecule has 0 bridgehead atoms. The van der Waals surface area contributed by atoms with Gasteiger partial charge in [0.25, 0.3) is 0 Å². The van der Waals surface area contributed by atoms with Crippen molar-refractivity contribution in [1.29, 1.82) is 0 Å². The van der Waals surface area contributed by atoms with Gasteiger partial charge in [0.15, 0.2) is 0 Å². The first-order valence-electron chi connectivity index (χ1n) is 4.77. The Labute approximate surface area is 92.9 Å². The van der Waals surface area contributed by atoms with E-state index in [0.717, 1.165) is 4.90 Å². The molecule has 0 saturated carbocycles. The van der Waals surface area contributed by atoms with E-state index in [0.29, 0.717) is 0 Å². The predicted octanol–water partition coefficient (Wildman–Crippen LogP) is -0.930. The van der Waals surface area contributed by atoms with Crippen LogP contribution in [0.25, 0.3) is 0 Å². The van der Waals surface area contributed by atoms with E-state index in [1.54, 1.807) is 7.05 Å². The number of carbonyl (C=O) groups excluding carboxylic acids is 3. The van der Waals surface area contributed by atoms with E-state index in [9.17, 15) is 14.4 Å². The van der Waals surface area contributed by atoms with Gasteiger partial charge in [-0.2, -0.15) is 0 Å². The van der Waals surface area contributed by atoms with Gasteiger partial charge in [0, 0.05) is 0 Å². The van der Waals surface area contributed by atoms with Crippen LogP contribution in [0.1, 0.15) is 0 Å². The number of esters is 1. The minimum absolute atomic E-state index is 0.00509. The third-order valence-electron chi connectivity index (χ3n) is 2.09. The third-order valence-corrected chi connectivity index (χ3v) is 2.09. The molecule has 2 amide bonds. The predicted molar refractivity (Wildman–Crippen MR) is 52.6 cm³/mol. The number of amides is 2. The Balaban J connectivity index is 2.38. The van der Waals surface area contributed by atoms with Crippen LogP contribution >= 0.6 is 0 Å². The van der Waals surface area contributed by atoms with E-state index in [4.69, 9.17) is 0 Å². The van der Waals surface area contributed by atoms with Crippen LogP contribution in [0.5, 0.6) is 0 Å². The zero-order valence-electron chi connectivity index (χ0n) is 9.26. The zero-order valence-corrected chi connectivity index (χ0v) is 9.26. The fraction of sp³-hybridized carbons (Fsp3) is 0.667. The van der Waals surface area contributed by atoms with Crippen molar-refractivity contribution in [2.75, 3.05) is 40.4 Å². The van der Waals surface area contributed by atoms with Gasteiger partial charge in [-0.3, -0.25) is 14.5 Å². The molecular formula is C9H14N2O5. The highest BCUT2D eigenvalue weighted by atomic mass is 16.6. The maximum absolute atomic E-state index is 11.6. The van der Waals surface area contributed by atoms with Crippen LogP contribution in [-0.4, -0.2) is 68.2 Å². The van der Waals surface area contributed by atoms with Crippen molar-refractivity contribution >= 4 is 18.0 Å². The largest absolute Gasteiger partial charge is 0.468 e. The SMILES string of the molecule is COC(=O)CN(C)CC(=O)N1CCOC1=O. The van der Waals surface area contributed by atoms with E-state index in [1.807, 2.05) is 0 Å². The second kappa shape index (κ2) is 5.45. The van der Waals surface area contributed by atoms with Crippen molar-refractivity contribution in [3.05, 3.63) is 0 Å². The number of methoxy groups -OCH3 is 1. The molecule has 1 aliphatic rings. The van der Waals surface area contributed by atoms with Crippen molar-refractivity contribution in [1.82, 2.24) is 9.80 Å². The maximum atomic E-state index is 11.6. The molecule has 0 N–H and O–H groups in total. The number of nitrogens with zero attached hydrogens (tertiary/aromatic N) is 2. The molecule has 0 radical (unpaired) electrons. The molecule has 0 aromatic rings. The first-order chi connectivity index (χ1) is 7.54. The standard InChI is InChI=1S/C9H14N2O5/c1-10(6-8(13)15-2)5-7(12)11-3-4-16-9(11)14/h3-6H2,1-2H3.